The monoisotopic (exact) mass is 452 g/mol. The summed E-state index contributed by atoms with van der Waals surface area (Å²) in [7, 11) is 0. The third kappa shape index (κ3) is 4.03. The second kappa shape index (κ2) is 7.18. The highest BCUT2D eigenvalue weighted by Crippen LogP contribution is 2.34. The summed E-state index contributed by atoms with van der Waals surface area (Å²) >= 11 is 18.9. The number of hydrogen-bond acceptors (Lipinski definition) is 1. The van der Waals surface area contributed by atoms with E-state index in [2.05, 4.69) is 44.1 Å². The number of anilines is 1. The molecule has 1 amide bonds. The summed E-state index contributed by atoms with van der Waals surface area (Å²) in [6, 6.07) is 5.14. The lowest BCUT2D eigenvalue weighted by Gasteiger charge is -2.11. The third-order valence-corrected chi connectivity index (χ3v) is 4.29. The molecular weight excluding hydrogens is 443 g/mol. The molecule has 1 aromatic carbocycles. The largest absolute Gasteiger partial charge is 0.342 e. The summed E-state index contributed by atoms with van der Waals surface area (Å²) in [5, 5.41) is 3.54. The molecule has 0 saturated heterocycles. The van der Waals surface area contributed by atoms with Crippen LogP contribution in [0.2, 0.25) is 10.0 Å². The Morgan fingerprint density at radius 1 is 1.19 bits per heavy atom. The number of benzene rings is 1. The van der Waals surface area contributed by atoms with Crippen molar-refractivity contribution in [1.29, 1.82) is 0 Å². The van der Waals surface area contributed by atoms with Crippen molar-refractivity contribution in [2.24, 2.45) is 0 Å². The van der Waals surface area contributed by atoms with Gasteiger partial charge in [-0.1, -0.05) is 46.1 Å². The van der Waals surface area contributed by atoms with Crippen molar-refractivity contribution in [1.82, 2.24) is 4.57 Å². The van der Waals surface area contributed by atoms with Crippen molar-refractivity contribution in [3.05, 3.63) is 49.1 Å². The number of amides is 1. The summed E-state index contributed by atoms with van der Waals surface area (Å²) in [5.74, 6) is -0.250. The number of halogens is 4. The molecule has 0 aliphatic heterocycles. The Labute approximate surface area is 149 Å². The fourth-order valence-corrected chi connectivity index (χ4v) is 3.70. The fourth-order valence-electron chi connectivity index (χ4n) is 1.93. The molecule has 2 rings (SSSR count). The van der Waals surface area contributed by atoms with Gasteiger partial charge in [0.25, 0.3) is 5.91 Å². The second-order valence-corrected chi connectivity index (χ2v) is 7.08. The topological polar surface area (TPSA) is 34.0 Å². The molecule has 0 bridgehead atoms. The van der Waals surface area contributed by atoms with Gasteiger partial charge in [-0.2, -0.15) is 0 Å². The Morgan fingerprint density at radius 2 is 1.81 bits per heavy atom. The fraction of sp³-hybridized carbons (Fsp3) is 0.214. The third-order valence-electron chi connectivity index (χ3n) is 2.81. The molecule has 3 nitrogen and oxygen atoms in total. The maximum Gasteiger partial charge on any atom is 0.272 e. The van der Waals surface area contributed by atoms with Gasteiger partial charge in [-0.3, -0.25) is 4.79 Å². The molecule has 1 heterocycles. The minimum atomic E-state index is -0.250. The van der Waals surface area contributed by atoms with Gasteiger partial charge in [-0.05, 0) is 40.5 Å². The molecule has 2 aromatic rings. The van der Waals surface area contributed by atoms with Gasteiger partial charge in [0.15, 0.2) is 0 Å². The van der Waals surface area contributed by atoms with E-state index in [0.717, 1.165) is 21.9 Å². The van der Waals surface area contributed by atoms with E-state index in [4.69, 9.17) is 23.2 Å². The lowest BCUT2D eigenvalue weighted by molar-refractivity contribution is 0.101. The van der Waals surface area contributed by atoms with E-state index >= 15 is 0 Å². The molecule has 1 N–H and O–H groups in total. The first kappa shape index (κ1) is 16.9. The molecule has 0 spiro atoms. The zero-order valence-corrected chi connectivity index (χ0v) is 15.8. The van der Waals surface area contributed by atoms with E-state index in [9.17, 15) is 4.79 Å². The van der Waals surface area contributed by atoms with Crippen molar-refractivity contribution >= 4 is 66.7 Å². The van der Waals surface area contributed by atoms with E-state index in [0.29, 0.717) is 21.4 Å². The molecule has 0 saturated carbocycles. The van der Waals surface area contributed by atoms with Crippen LogP contribution in [0.15, 0.2) is 33.3 Å². The average Bonchev–Trinajstić information content (AvgIpc) is 2.75. The van der Waals surface area contributed by atoms with E-state index in [1.165, 1.54) is 0 Å². The van der Waals surface area contributed by atoms with Crippen LogP contribution in [0.25, 0.3) is 0 Å². The predicted molar refractivity (Wildman–Crippen MR) is 94.5 cm³/mol. The molecule has 0 fully saturated rings. The van der Waals surface area contributed by atoms with Gasteiger partial charge in [0.2, 0.25) is 0 Å². The maximum absolute atomic E-state index is 12.4. The lowest BCUT2D eigenvalue weighted by Crippen LogP contribution is -2.17. The molecule has 0 atom stereocenters. The summed E-state index contributed by atoms with van der Waals surface area (Å²) in [5.41, 5.74) is 0.964. The van der Waals surface area contributed by atoms with Crippen LogP contribution in [0, 0.1) is 0 Å². The highest BCUT2D eigenvalue weighted by molar-refractivity contribution is 9.10. The van der Waals surface area contributed by atoms with Crippen molar-refractivity contribution in [3.63, 3.8) is 0 Å². The van der Waals surface area contributed by atoms with E-state index in [-0.39, 0.29) is 5.91 Å². The summed E-state index contributed by atoms with van der Waals surface area (Å²) in [4.78, 5) is 12.4. The van der Waals surface area contributed by atoms with Gasteiger partial charge in [-0.15, -0.1) is 0 Å². The van der Waals surface area contributed by atoms with Crippen LogP contribution >= 0.6 is 55.1 Å². The summed E-state index contributed by atoms with van der Waals surface area (Å²) < 4.78 is 3.50. The quantitative estimate of drug-likeness (QED) is 0.605. The molecule has 21 heavy (non-hydrogen) atoms. The number of carbonyl (C=O) groups excluding carboxylic acids is 1. The summed E-state index contributed by atoms with van der Waals surface area (Å²) in [6.07, 6.45) is 2.81. The number of carbonyl (C=O) groups is 1. The zero-order chi connectivity index (χ0) is 15.6. The van der Waals surface area contributed by atoms with Crippen LogP contribution in [0.4, 0.5) is 5.69 Å². The van der Waals surface area contributed by atoms with Gasteiger partial charge in [0.05, 0.1) is 15.7 Å². The lowest BCUT2D eigenvalue weighted by atomic mass is 10.3. The highest BCUT2D eigenvalue weighted by atomic mass is 79.9. The van der Waals surface area contributed by atoms with Gasteiger partial charge >= 0.3 is 0 Å². The van der Waals surface area contributed by atoms with Crippen molar-refractivity contribution in [2.75, 3.05) is 5.32 Å². The van der Waals surface area contributed by atoms with Crippen LogP contribution in [0.3, 0.4) is 0 Å². The standard InChI is InChI=1S/C14H12Br2Cl2N2O/c1-2-3-20-7-9(16)6-12(20)14(21)19-13-10(17)4-8(15)5-11(13)18/h4-7H,2-3H2,1H3,(H,19,21). The summed E-state index contributed by atoms with van der Waals surface area (Å²) in [6.45, 7) is 2.81. The normalized spacial score (nSPS) is 10.7. The Hall–Kier alpha value is -0.490. The number of hydrogen-bond donors (Lipinski definition) is 1. The van der Waals surface area contributed by atoms with E-state index in [1.54, 1.807) is 18.2 Å². The highest BCUT2D eigenvalue weighted by Gasteiger charge is 2.16. The Morgan fingerprint density at radius 3 is 2.38 bits per heavy atom. The molecule has 0 aliphatic rings. The van der Waals surface area contributed by atoms with E-state index in [1.807, 2.05) is 10.8 Å². The van der Waals surface area contributed by atoms with Gasteiger partial charge in [0, 0.05) is 21.7 Å². The molecule has 0 radical (unpaired) electrons. The Kier molecular flexibility index (Phi) is 5.77. The van der Waals surface area contributed by atoms with Gasteiger partial charge in [-0.25, -0.2) is 0 Å². The maximum atomic E-state index is 12.4. The number of rotatable bonds is 4. The molecule has 112 valence electrons. The SMILES string of the molecule is CCCn1cc(Br)cc1C(=O)Nc1c(Cl)cc(Br)cc1Cl. The Balaban J connectivity index is 2.30. The van der Waals surface area contributed by atoms with E-state index < -0.39 is 0 Å². The minimum Gasteiger partial charge on any atom is -0.342 e. The van der Waals surface area contributed by atoms with Crippen LogP contribution in [-0.2, 0) is 6.54 Å². The van der Waals surface area contributed by atoms with Crippen molar-refractivity contribution in [3.8, 4) is 0 Å². The number of aryl methyl sites for hydroxylation is 1. The molecule has 0 aliphatic carbocycles. The minimum absolute atomic E-state index is 0.250. The second-order valence-electron chi connectivity index (χ2n) is 4.44. The van der Waals surface area contributed by atoms with Crippen LogP contribution < -0.4 is 5.32 Å². The molecule has 0 unspecified atom stereocenters. The molecule has 1 aromatic heterocycles. The average molecular weight is 455 g/mol. The predicted octanol–water partition coefficient (Wildman–Crippen LogP) is 5.98. The van der Waals surface area contributed by atoms with Crippen LogP contribution in [0.1, 0.15) is 23.8 Å². The first-order valence-electron chi connectivity index (χ1n) is 6.24. The zero-order valence-electron chi connectivity index (χ0n) is 11.1. The first-order valence-corrected chi connectivity index (χ1v) is 8.58. The van der Waals surface area contributed by atoms with Crippen molar-refractivity contribution in [2.45, 2.75) is 19.9 Å². The number of nitrogens with zero attached hydrogens (tertiary/aromatic N) is 1. The van der Waals surface area contributed by atoms with Gasteiger partial charge < -0.3 is 9.88 Å². The first-order chi connectivity index (χ1) is 9.92. The smallest absolute Gasteiger partial charge is 0.272 e. The van der Waals surface area contributed by atoms with Crippen LogP contribution in [-0.4, -0.2) is 10.5 Å². The van der Waals surface area contributed by atoms with Gasteiger partial charge in [0.1, 0.15) is 5.69 Å². The number of nitrogens with one attached hydrogen (secondary N) is 1. The molecular formula is C14H12Br2Cl2N2O. The van der Waals surface area contributed by atoms with Crippen molar-refractivity contribution < 1.29 is 4.79 Å². The molecule has 7 heteroatoms. The number of aromatic nitrogens is 1. The Bertz CT molecular complexity index is 663. The van der Waals surface area contributed by atoms with Crippen LogP contribution in [0.5, 0.6) is 0 Å².